The molecule has 26 atom stereocenters. The van der Waals surface area contributed by atoms with E-state index in [4.69, 9.17) is 61.6 Å². The van der Waals surface area contributed by atoms with E-state index in [9.17, 15) is 56.8 Å². The van der Waals surface area contributed by atoms with Gasteiger partial charge in [-0.1, -0.05) is 50.0 Å². The molecule has 0 spiro atoms. The number of aliphatic carboxylic acids is 1. The summed E-state index contributed by atoms with van der Waals surface area (Å²) in [4.78, 5) is 33.6. The number of carboxylic acid groups (broad SMARTS) is 1. The molecule has 0 amide bonds. The first-order chi connectivity index (χ1) is 34.1. The summed E-state index contributed by atoms with van der Waals surface area (Å²) in [6, 6.07) is -3.61. The molecular weight excluding hydrogens is 954 g/mol. The molecule has 0 aliphatic carbocycles. The van der Waals surface area contributed by atoms with Crippen molar-refractivity contribution in [3.63, 3.8) is 0 Å². The summed E-state index contributed by atoms with van der Waals surface area (Å²) in [6.45, 7) is 6.79. The zero-order chi connectivity index (χ0) is 51.7. The van der Waals surface area contributed by atoms with E-state index >= 15 is 0 Å². The van der Waals surface area contributed by atoms with E-state index in [1.165, 1.54) is 14.0 Å². The van der Waals surface area contributed by atoms with E-state index in [2.05, 4.69) is 30.1 Å². The fraction of sp³-hybridized carbons (Fsp3) is 0.951. The Kier molecular flexibility index (Phi) is 20.6. The van der Waals surface area contributed by atoms with Gasteiger partial charge in [0.1, 0.15) is 48.8 Å². The summed E-state index contributed by atoms with van der Waals surface area (Å²) in [6.07, 6.45) is -23.6. The summed E-state index contributed by atoms with van der Waals surface area (Å²) < 4.78 is 77.8. The minimum atomic E-state index is -1.92. The van der Waals surface area contributed by atoms with Crippen molar-refractivity contribution >= 4 is 12.4 Å². The van der Waals surface area contributed by atoms with Gasteiger partial charge < -0.3 is 92.2 Å². The Morgan fingerprint density at radius 2 is 1.14 bits per heavy atom. The second-order valence-electron chi connectivity index (χ2n) is 18.4. The number of azide groups is 3. The average Bonchev–Trinajstić information content (AvgIpc) is 3.36. The molecule has 0 saturated carbocycles. The molecule has 9 unspecified atom stereocenters. The lowest BCUT2D eigenvalue weighted by atomic mass is 9.82. The molecule has 6 aliphatic heterocycles. The molecule has 71 heavy (non-hydrogen) atoms. The molecule has 0 radical (unpaired) electrons. The standard InChI is InChI=1S/C41H65N9O21/c1-15-16(2)24(45-48-42)37(62-20(15)11-51)67-30-19(5)32(65-23-9-7-8-10-60-23)41(70-34(30)35(57)58)69-33-22(13-53)64-38(26(28(33)56)47-50-44)68-31-18(4)27(55)39(71-40(31)61-14-54)66-29-17(3)25(46-49-43)36(59-6)63-21(29)12-52/h14-34,36-41,51-53,55-56H,7-13H2,1-6H3,(H,57,58)/t15-,16+,17-,18-,19+,20+,21?,22?,23?,24?,25?,26?,27?,28-,29-,30-,31-,32?,33+,34-,36-,37+,38+,39-,40?,41-/m1/s1. The summed E-state index contributed by atoms with van der Waals surface area (Å²) in [7, 11) is 1.32. The minimum absolute atomic E-state index is 0.0315. The van der Waals surface area contributed by atoms with Gasteiger partial charge in [0.2, 0.25) is 6.29 Å². The Hall–Kier alpha value is -3.81. The van der Waals surface area contributed by atoms with Crippen LogP contribution in [0.3, 0.4) is 0 Å². The molecule has 0 aromatic heterocycles. The van der Waals surface area contributed by atoms with Gasteiger partial charge in [0, 0.05) is 40.3 Å². The highest BCUT2D eigenvalue weighted by Crippen LogP contribution is 2.42. The van der Waals surface area contributed by atoms with E-state index < -0.39 is 173 Å². The first-order valence-corrected chi connectivity index (χ1v) is 23.4. The highest BCUT2D eigenvalue weighted by molar-refractivity contribution is 5.73. The van der Waals surface area contributed by atoms with Crippen molar-refractivity contribution in [1.29, 1.82) is 0 Å². The Balaban J connectivity index is 1.23. The van der Waals surface area contributed by atoms with E-state index in [-0.39, 0.29) is 18.3 Å². The van der Waals surface area contributed by atoms with Gasteiger partial charge in [-0.3, -0.25) is 4.79 Å². The number of ether oxygens (including phenoxy) is 13. The number of carboxylic acids is 1. The number of hydrogen-bond donors (Lipinski definition) is 6. The van der Waals surface area contributed by atoms with Gasteiger partial charge >= 0.3 is 5.97 Å². The molecule has 0 bridgehead atoms. The molecule has 0 aromatic rings. The summed E-state index contributed by atoms with van der Waals surface area (Å²) in [5.41, 5.74) is 28.4. The van der Waals surface area contributed by atoms with E-state index in [1.807, 2.05) is 0 Å². The molecule has 6 saturated heterocycles. The number of aliphatic hydroxyl groups excluding tert-OH is 5. The quantitative estimate of drug-likeness (QED) is 0.0426. The number of aliphatic hydroxyl groups is 5. The van der Waals surface area contributed by atoms with Crippen molar-refractivity contribution < 1.29 is 102 Å². The predicted molar refractivity (Wildman–Crippen MR) is 231 cm³/mol. The van der Waals surface area contributed by atoms with Crippen molar-refractivity contribution in [3.05, 3.63) is 31.3 Å². The zero-order valence-electron chi connectivity index (χ0n) is 39.9. The van der Waals surface area contributed by atoms with Crippen LogP contribution in [-0.4, -0.2) is 206 Å². The Morgan fingerprint density at radius 3 is 1.73 bits per heavy atom. The highest BCUT2D eigenvalue weighted by atomic mass is 16.8. The van der Waals surface area contributed by atoms with Crippen LogP contribution in [0.5, 0.6) is 0 Å². The lowest BCUT2D eigenvalue weighted by molar-refractivity contribution is -0.389. The Labute approximate surface area is 406 Å². The lowest BCUT2D eigenvalue weighted by Crippen LogP contribution is -2.66. The molecule has 6 rings (SSSR count). The second-order valence-corrected chi connectivity index (χ2v) is 18.4. The van der Waals surface area contributed by atoms with Crippen LogP contribution in [0.1, 0.15) is 53.9 Å². The molecule has 30 heteroatoms. The molecule has 30 nitrogen and oxygen atoms in total. The predicted octanol–water partition coefficient (Wildman–Crippen LogP) is 0.841. The van der Waals surface area contributed by atoms with Gasteiger partial charge in [0.15, 0.2) is 43.8 Å². The maximum atomic E-state index is 13.1. The first kappa shape index (κ1) is 56.5. The SMILES string of the molecule is CO[C@@H]1OC(CO)[C@H](O[C@@H]2OC(OC=O)[C@H](O[C@@H]3OC(CO)[C@H](O[C@@H]4O[C@@H](C(=O)O)[C@H](O[C@@H]5O[C@@H](CO)[C@H](C)[C@H](C)C5N=[N+]=[N-])[C@H](C)C4OC4CCCCO4)[C@H](O)C3N=[N+]=[N-])[C@H](C)C2O)[C@H](C)C1N=[N+]=[N-]. The average molecular weight is 1020 g/mol. The molecular formula is C41H65N9O21. The van der Waals surface area contributed by atoms with Gasteiger partial charge in [-0.25, -0.2) is 4.79 Å². The van der Waals surface area contributed by atoms with E-state index in [1.54, 1.807) is 27.7 Å². The van der Waals surface area contributed by atoms with Crippen LogP contribution in [0.2, 0.25) is 0 Å². The first-order valence-electron chi connectivity index (χ1n) is 23.4. The Bertz CT molecular complexity index is 1900. The number of hydrogen-bond acceptors (Lipinski definition) is 23. The Morgan fingerprint density at radius 1 is 0.592 bits per heavy atom. The third kappa shape index (κ3) is 12.4. The van der Waals surface area contributed by atoms with Crippen LogP contribution in [0.15, 0.2) is 15.3 Å². The molecule has 400 valence electrons. The number of nitrogens with zero attached hydrogens (tertiary/aromatic N) is 9. The van der Waals surface area contributed by atoms with Crippen molar-refractivity contribution in [2.45, 2.75) is 183 Å². The van der Waals surface area contributed by atoms with Crippen LogP contribution in [-0.2, 0) is 71.2 Å². The van der Waals surface area contributed by atoms with E-state index in [0.717, 1.165) is 12.8 Å². The van der Waals surface area contributed by atoms with E-state index in [0.29, 0.717) is 13.0 Å². The number of rotatable bonds is 20. The molecule has 6 heterocycles. The molecule has 6 fully saturated rings. The second kappa shape index (κ2) is 25.9. The van der Waals surface area contributed by atoms with Gasteiger partial charge in [0.25, 0.3) is 6.47 Å². The number of methoxy groups -OCH3 is 1. The normalized spacial score (nSPS) is 46.1. The topological polar surface area (TPSA) is 422 Å². The maximum Gasteiger partial charge on any atom is 0.335 e. The third-order valence-electron chi connectivity index (χ3n) is 14.3. The van der Waals surface area contributed by atoms with Crippen molar-refractivity contribution in [3.8, 4) is 0 Å². The smallest absolute Gasteiger partial charge is 0.335 e. The lowest BCUT2D eigenvalue weighted by Gasteiger charge is -2.51. The van der Waals surface area contributed by atoms with Crippen LogP contribution in [0, 0.1) is 29.6 Å². The van der Waals surface area contributed by atoms with Crippen LogP contribution >= 0.6 is 0 Å². The number of carbonyl (C=O) groups is 2. The summed E-state index contributed by atoms with van der Waals surface area (Å²) >= 11 is 0. The maximum absolute atomic E-state index is 13.1. The number of carbonyl (C=O) groups excluding carboxylic acids is 1. The van der Waals surface area contributed by atoms with Crippen molar-refractivity contribution in [1.82, 2.24) is 0 Å². The van der Waals surface area contributed by atoms with Crippen LogP contribution in [0.25, 0.3) is 31.3 Å². The molecule has 6 N–H and O–H groups in total. The van der Waals surface area contributed by atoms with Crippen LogP contribution < -0.4 is 0 Å². The minimum Gasteiger partial charge on any atom is -0.479 e. The molecule has 6 aliphatic rings. The zero-order valence-corrected chi connectivity index (χ0v) is 39.9. The van der Waals surface area contributed by atoms with Crippen molar-refractivity contribution in [2.24, 2.45) is 44.9 Å². The van der Waals surface area contributed by atoms with Crippen molar-refractivity contribution in [2.75, 3.05) is 33.5 Å². The van der Waals surface area contributed by atoms with Crippen LogP contribution in [0.4, 0.5) is 0 Å². The van der Waals surface area contributed by atoms with Gasteiger partial charge in [0.05, 0.1) is 50.2 Å². The largest absolute Gasteiger partial charge is 0.479 e. The van der Waals surface area contributed by atoms with Gasteiger partial charge in [-0.15, -0.1) is 0 Å². The monoisotopic (exact) mass is 1020 g/mol. The highest BCUT2D eigenvalue weighted by Gasteiger charge is 2.57. The van der Waals surface area contributed by atoms with Gasteiger partial charge in [-0.2, -0.15) is 0 Å². The summed E-state index contributed by atoms with van der Waals surface area (Å²) in [5.74, 6) is -4.91. The molecule has 0 aromatic carbocycles. The summed E-state index contributed by atoms with van der Waals surface area (Å²) in [5, 5.41) is 76.6. The fourth-order valence-electron chi connectivity index (χ4n) is 9.97. The third-order valence-corrected chi connectivity index (χ3v) is 14.3. The fourth-order valence-corrected chi connectivity index (χ4v) is 9.97. The van der Waals surface area contributed by atoms with Gasteiger partial charge in [-0.05, 0) is 53.6 Å².